The van der Waals surface area contributed by atoms with Crippen LogP contribution in [0.4, 0.5) is 0 Å². The summed E-state index contributed by atoms with van der Waals surface area (Å²) in [6, 6.07) is 24.2. The van der Waals surface area contributed by atoms with Crippen molar-refractivity contribution in [3.8, 4) is 11.5 Å². The van der Waals surface area contributed by atoms with E-state index in [-0.39, 0.29) is 25.0 Å². The summed E-state index contributed by atoms with van der Waals surface area (Å²) in [7, 11) is 3.17. The highest BCUT2D eigenvalue weighted by Gasteiger charge is 2.33. The third-order valence-corrected chi connectivity index (χ3v) is 5.61. The third-order valence-electron chi connectivity index (χ3n) is 5.61. The molecule has 4 rings (SSSR count). The van der Waals surface area contributed by atoms with Crippen LogP contribution in [0, 0.1) is 0 Å². The number of carbonyl (C=O) groups is 2. The molecule has 0 fully saturated rings. The van der Waals surface area contributed by atoms with Crippen LogP contribution in [0.25, 0.3) is 0 Å². The van der Waals surface area contributed by atoms with Gasteiger partial charge >= 0.3 is 5.97 Å². The van der Waals surface area contributed by atoms with Gasteiger partial charge in [0, 0.05) is 6.42 Å². The van der Waals surface area contributed by atoms with Gasteiger partial charge in [0.1, 0.15) is 11.5 Å². The summed E-state index contributed by atoms with van der Waals surface area (Å²) in [5, 5.41) is 6.02. The van der Waals surface area contributed by atoms with Gasteiger partial charge in [-0.1, -0.05) is 54.6 Å². The molecule has 3 aromatic carbocycles. The molecule has 174 valence electrons. The highest BCUT2D eigenvalue weighted by Crippen LogP contribution is 2.33. The van der Waals surface area contributed by atoms with Crippen molar-refractivity contribution in [1.82, 2.24) is 5.01 Å². The second-order valence-electron chi connectivity index (χ2n) is 7.83. The first kappa shape index (κ1) is 23.0. The fraction of sp³-hybridized carbons (Fsp3) is 0.222. The van der Waals surface area contributed by atoms with Gasteiger partial charge < -0.3 is 14.2 Å². The van der Waals surface area contributed by atoms with Gasteiger partial charge in [0.25, 0.3) is 5.91 Å². The summed E-state index contributed by atoms with van der Waals surface area (Å²) in [6.45, 7) is -0.388. The molecule has 1 aliphatic rings. The number of ether oxygens (including phenoxy) is 3. The first-order valence-electron chi connectivity index (χ1n) is 10.9. The number of carbonyl (C=O) groups excluding carboxylic acids is 2. The summed E-state index contributed by atoms with van der Waals surface area (Å²) < 4.78 is 15.7. The molecule has 1 amide bonds. The van der Waals surface area contributed by atoms with Gasteiger partial charge in [-0.25, -0.2) is 5.01 Å². The molecule has 0 aliphatic carbocycles. The number of hydrogen-bond donors (Lipinski definition) is 0. The van der Waals surface area contributed by atoms with Crippen molar-refractivity contribution in [3.63, 3.8) is 0 Å². The molecule has 0 spiro atoms. The fourth-order valence-electron chi connectivity index (χ4n) is 3.84. The molecular formula is C27H26N2O5. The highest BCUT2D eigenvalue weighted by molar-refractivity contribution is 6.03. The molecule has 34 heavy (non-hydrogen) atoms. The zero-order valence-electron chi connectivity index (χ0n) is 19.1. The second-order valence-corrected chi connectivity index (χ2v) is 7.83. The van der Waals surface area contributed by atoms with Gasteiger partial charge in [-0.2, -0.15) is 5.10 Å². The van der Waals surface area contributed by atoms with Gasteiger partial charge in [-0.15, -0.1) is 0 Å². The van der Waals surface area contributed by atoms with Crippen LogP contribution in [0.2, 0.25) is 0 Å². The number of esters is 1. The van der Waals surface area contributed by atoms with E-state index < -0.39 is 5.97 Å². The molecule has 1 aliphatic heterocycles. The normalized spacial score (nSPS) is 14.9. The van der Waals surface area contributed by atoms with Crippen molar-refractivity contribution >= 4 is 17.6 Å². The molecule has 7 heteroatoms. The predicted molar refractivity (Wildman–Crippen MR) is 128 cm³/mol. The monoisotopic (exact) mass is 458 g/mol. The maximum absolute atomic E-state index is 13.1. The number of rotatable bonds is 8. The van der Waals surface area contributed by atoms with Crippen molar-refractivity contribution in [2.24, 2.45) is 5.10 Å². The predicted octanol–water partition coefficient (Wildman–Crippen LogP) is 4.17. The highest BCUT2D eigenvalue weighted by atomic mass is 16.5. The lowest BCUT2D eigenvalue weighted by atomic mass is 9.98. The SMILES string of the molecule is COc1ccc(C2CC(c3ccccc3)=NN2C(=O)COC(=O)Cc2cccc(OC)c2)cc1. The minimum atomic E-state index is -0.492. The zero-order valence-corrected chi connectivity index (χ0v) is 19.1. The van der Waals surface area contributed by atoms with E-state index in [2.05, 4.69) is 5.10 Å². The Kier molecular flexibility index (Phi) is 7.22. The Hall–Kier alpha value is -4.13. The summed E-state index contributed by atoms with van der Waals surface area (Å²) in [6.07, 6.45) is 0.602. The summed E-state index contributed by atoms with van der Waals surface area (Å²) in [5.74, 6) is 0.513. The maximum atomic E-state index is 13.1. The first-order chi connectivity index (χ1) is 16.6. The molecule has 1 heterocycles. The number of hydrazone groups is 1. The molecule has 0 N–H and O–H groups in total. The first-order valence-corrected chi connectivity index (χ1v) is 10.9. The Labute approximate surface area is 198 Å². The van der Waals surface area contributed by atoms with E-state index in [1.807, 2.05) is 60.7 Å². The number of methoxy groups -OCH3 is 2. The van der Waals surface area contributed by atoms with Gasteiger partial charge in [-0.05, 0) is 41.0 Å². The lowest BCUT2D eigenvalue weighted by Crippen LogP contribution is -2.31. The van der Waals surface area contributed by atoms with Crippen LogP contribution in [-0.2, 0) is 20.7 Å². The van der Waals surface area contributed by atoms with E-state index in [0.717, 1.165) is 28.2 Å². The lowest BCUT2D eigenvalue weighted by molar-refractivity contribution is -0.152. The molecule has 0 radical (unpaired) electrons. The maximum Gasteiger partial charge on any atom is 0.310 e. The van der Waals surface area contributed by atoms with E-state index in [9.17, 15) is 9.59 Å². The Morgan fingerprint density at radius 1 is 0.912 bits per heavy atom. The molecule has 0 aromatic heterocycles. The molecule has 1 atom stereocenters. The summed E-state index contributed by atoms with van der Waals surface area (Å²) >= 11 is 0. The van der Waals surface area contributed by atoms with E-state index in [1.165, 1.54) is 5.01 Å². The Bertz CT molecular complexity index is 1180. The van der Waals surface area contributed by atoms with Gasteiger partial charge in [0.05, 0.1) is 32.4 Å². The number of hydrogen-bond acceptors (Lipinski definition) is 6. The molecule has 0 saturated heterocycles. The van der Waals surface area contributed by atoms with Crippen LogP contribution in [0.5, 0.6) is 11.5 Å². The Morgan fingerprint density at radius 3 is 2.35 bits per heavy atom. The van der Waals surface area contributed by atoms with Crippen LogP contribution in [-0.4, -0.2) is 43.4 Å². The van der Waals surface area contributed by atoms with Crippen molar-refractivity contribution < 1.29 is 23.8 Å². The molecule has 0 saturated carbocycles. The van der Waals surface area contributed by atoms with Crippen LogP contribution >= 0.6 is 0 Å². The average molecular weight is 459 g/mol. The minimum absolute atomic E-state index is 0.0465. The number of nitrogens with zero attached hydrogens (tertiary/aromatic N) is 2. The third kappa shape index (κ3) is 5.43. The van der Waals surface area contributed by atoms with E-state index in [0.29, 0.717) is 12.2 Å². The quantitative estimate of drug-likeness (QED) is 0.474. The Morgan fingerprint density at radius 2 is 1.65 bits per heavy atom. The van der Waals surface area contributed by atoms with E-state index in [1.54, 1.807) is 32.4 Å². The number of benzene rings is 3. The topological polar surface area (TPSA) is 77.4 Å². The molecule has 0 bridgehead atoms. The minimum Gasteiger partial charge on any atom is -0.497 e. The standard InChI is InChI=1S/C27H26N2O5/c1-32-22-13-11-21(12-14-22)25-17-24(20-8-4-3-5-9-20)28-29(25)26(30)18-34-27(31)16-19-7-6-10-23(15-19)33-2/h3-15,25H,16-18H2,1-2H3. The number of amides is 1. The molecule has 7 nitrogen and oxygen atoms in total. The van der Waals surface area contributed by atoms with E-state index in [4.69, 9.17) is 14.2 Å². The zero-order chi connectivity index (χ0) is 23.9. The largest absolute Gasteiger partial charge is 0.497 e. The van der Waals surface area contributed by atoms with Crippen LogP contribution in [0.15, 0.2) is 84.0 Å². The van der Waals surface area contributed by atoms with Crippen molar-refractivity contribution in [2.75, 3.05) is 20.8 Å². The van der Waals surface area contributed by atoms with Crippen LogP contribution in [0.1, 0.15) is 29.2 Å². The average Bonchev–Trinajstić information content (AvgIpc) is 3.34. The van der Waals surface area contributed by atoms with Crippen LogP contribution < -0.4 is 9.47 Å². The molecule has 3 aromatic rings. The molecule has 1 unspecified atom stereocenters. The summed E-state index contributed by atoms with van der Waals surface area (Å²) in [5.41, 5.74) is 3.42. The van der Waals surface area contributed by atoms with Gasteiger partial charge in [-0.3, -0.25) is 9.59 Å². The van der Waals surface area contributed by atoms with Gasteiger partial charge in [0.2, 0.25) is 0 Å². The second kappa shape index (κ2) is 10.7. The lowest BCUT2D eigenvalue weighted by Gasteiger charge is -2.22. The smallest absolute Gasteiger partial charge is 0.310 e. The van der Waals surface area contributed by atoms with Crippen molar-refractivity contribution in [1.29, 1.82) is 0 Å². The van der Waals surface area contributed by atoms with Crippen LogP contribution in [0.3, 0.4) is 0 Å². The molecular weight excluding hydrogens is 432 g/mol. The fourth-order valence-corrected chi connectivity index (χ4v) is 3.84. The summed E-state index contributed by atoms with van der Waals surface area (Å²) in [4.78, 5) is 25.4. The van der Waals surface area contributed by atoms with Gasteiger partial charge in [0.15, 0.2) is 6.61 Å². The van der Waals surface area contributed by atoms with Crippen molar-refractivity contribution in [3.05, 3.63) is 95.6 Å². The Balaban J connectivity index is 1.47. The van der Waals surface area contributed by atoms with Crippen molar-refractivity contribution in [2.45, 2.75) is 18.9 Å². The van der Waals surface area contributed by atoms with E-state index >= 15 is 0 Å².